The number of carbonyl (C=O) groups excluding carboxylic acids is 3. The lowest BCUT2D eigenvalue weighted by molar-refractivity contribution is -0.140. The quantitative estimate of drug-likeness (QED) is 0.468. The fraction of sp³-hybridized carbons (Fsp3) is 0.348. The molecule has 3 aromatic rings. The molecule has 0 radical (unpaired) electrons. The van der Waals surface area contributed by atoms with Crippen LogP contribution in [0, 0.1) is 0 Å². The zero-order valence-corrected chi connectivity index (χ0v) is 19.7. The maximum absolute atomic E-state index is 13.5. The molecular weight excluding hydrogens is 474 g/mol. The van der Waals surface area contributed by atoms with Gasteiger partial charge in [0.2, 0.25) is 11.8 Å². The van der Waals surface area contributed by atoms with E-state index < -0.39 is 29.9 Å². The molecule has 2 aliphatic rings. The average molecular weight is 498 g/mol. The number of carbonyl (C=O) groups is 3. The van der Waals surface area contributed by atoms with Gasteiger partial charge in [0.1, 0.15) is 12.3 Å². The van der Waals surface area contributed by atoms with Crippen molar-refractivity contribution >= 4 is 29.2 Å². The Morgan fingerprint density at radius 3 is 2.91 bits per heavy atom. The van der Waals surface area contributed by atoms with Gasteiger partial charge >= 0.3 is 6.03 Å². The number of fused-ring (bicyclic) bond motifs is 2. The Labute approximate surface area is 204 Å². The molecule has 1 atom stereocenters. The van der Waals surface area contributed by atoms with Gasteiger partial charge in [0.25, 0.3) is 11.8 Å². The minimum Gasteiger partial charge on any atom is -0.493 e. The van der Waals surface area contributed by atoms with Crippen LogP contribution >= 0.6 is 11.3 Å². The highest BCUT2D eigenvalue weighted by molar-refractivity contribution is 7.13. The van der Waals surface area contributed by atoms with E-state index in [2.05, 4.69) is 15.5 Å². The highest BCUT2D eigenvalue weighted by Crippen LogP contribution is 2.40. The van der Waals surface area contributed by atoms with E-state index in [0.717, 1.165) is 9.78 Å². The van der Waals surface area contributed by atoms with Crippen molar-refractivity contribution in [3.05, 3.63) is 53.2 Å². The third-order valence-electron chi connectivity index (χ3n) is 5.99. The van der Waals surface area contributed by atoms with Crippen LogP contribution in [0.4, 0.5) is 4.79 Å². The summed E-state index contributed by atoms with van der Waals surface area (Å²) in [6.07, 6.45) is 0.278. The Bertz CT molecular complexity index is 1240. The summed E-state index contributed by atoms with van der Waals surface area (Å²) >= 11 is 1.46. The van der Waals surface area contributed by atoms with E-state index in [-0.39, 0.29) is 38.6 Å². The summed E-state index contributed by atoms with van der Waals surface area (Å²) in [6, 6.07) is 10.2. The molecule has 0 bridgehead atoms. The number of hydrogen-bond donors (Lipinski definition) is 1. The lowest BCUT2D eigenvalue weighted by Gasteiger charge is -2.33. The minimum absolute atomic E-state index is 0.0199. The first-order valence-electron chi connectivity index (χ1n) is 11.0. The maximum atomic E-state index is 13.5. The summed E-state index contributed by atoms with van der Waals surface area (Å²) in [5.74, 6) is 0.225. The largest absolute Gasteiger partial charge is 0.493 e. The molecule has 2 aromatic heterocycles. The fourth-order valence-electron chi connectivity index (χ4n) is 4.22. The summed E-state index contributed by atoms with van der Waals surface area (Å²) in [6.45, 7) is 0.343. The van der Waals surface area contributed by atoms with E-state index in [0.29, 0.717) is 17.2 Å². The number of amides is 4. The molecule has 1 fully saturated rings. The van der Waals surface area contributed by atoms with Gasteiger partial charge in [0.15, 0.2) is 5.54 Å². The third kappa shape index (κ3) is 4.26. The van der Waals surface area contributed by atoms with Crippen LogP contribution in [-0.2, 0) is 26.4 Å². The first-order valence-corrected chi connectivity index (χ1v) is 11.9. The molecule has 0 saturated carbocycles. The maximum Gasteiger partial charge on any atom is 0.325 e. The number of ether oxygens (including phenoxy) is 2. The first-order chi connectivity index (χ1) is 17.0. The first kappa shape index (κ1) is 23.0. The molecule has 12 heteroatoms. The van der Waals surface area contributed by atoms with Crippen molar-refractivity contribution in [2.45, 2.75) is 18.5 Å². The van der Waals surface area contributed by atoms with Gasteiger partial charge in [0, 0.05) is 25.6 Å². The number of aromatic nitrogens is 2. The summed E-state index contributed by atoms with van der Waals surface area (Å²) in [7, 11) is 1.52. The second kappa shape index (κ2) is 9.47. The number of rotatable bonds is 8. The molecule has 1 N–H and O–H groups in total. The van der Waals surface area contributed by atoms with Crippen molar-refractivity contribution in [1.82, 2.24) is 25.3 Å². The number of para-hydroxylation sites is 1. The van der Waals surface area contributed by atoms with Crippen LogP contribution in [0.1, 0.15) is 17.9 Å². The zero-order valence-electron chi connectivity index (χ0n) is 18.9. The lowest BCUT2D eigenvalue weighted by Crippen LogP contribution is -2.48. The van der Waals surface area contributed by atoms with Crippen molar-refractivity contribution < 1.29 is 28.3 Å². The molecule has 1 spiro atoms. The van der Waals surface area contributed by atoms with Gasteiger partial charge in [-0.1, -0.05) is 24.3 Å². The lowest BCUT2D eigenvalue weighted by atomic mass is 9.84. The minimum atomic E-state index is -1.24. The van der Waals surface area contributed by atoms with Gasteiger partial charge in [-0.2, -0.15) is 0 Å². The van der Waals surface area contributed by atoms with Gasteiger partial charge in [-0.05, 0) is 17.5 Å². The molecule has 4 amide bonds. The van der Waals surface area contributed by atoms with Crippen LogP contribution in [0.3, 0.4) is 0 Å². The molecule has 1 unspecified atom stereocenters. The normalized spacial score (nSPS) is 18.9. The van der Waals surface area contributed by atoms with Crippen LogP contribution in [0.2, 0.25) is 0 Å². The number of methoxy groups -OCH3 is 1. The van der Waals surface area contributed by atoms with E-state index in [4.69, 9.17) is 13.9 Å². The Morgan fingerprint density at radius 1 is 1.26 bits per heavy atom. The number of nitrogens with one attached hydrogen (secondary N) is 1. The topological polar surface area (TPSA) is 127 Å². The molecule has 11 nitrogen and oxygen atoms in total. The highest BCUT2D eigenvalue weighted by Gasteiger charge is 2.55. The van der Waals surface area contributed by atoms with Crippen LogP contribution in [0.5, 0.6) is 5.75 Å². The Hall–Kier alpha value is -3.77. The monoisotopic (exact) mass is 497 g/mol. The number of urea groups is 1. The van der Waals surface area contributed by atoms with Crippen LogP contribution in [0.25, 0.3) is 10.8 Å². The van der Waals surface area contributed by atoms with Gasteiger partial charge < -0.3 is 24.1 Å². The van der Waals surface area contributed by atoms with Gasteiger partial charge in [-0.3, -0.25) is 14.5 Å². The van der Waals surface area contributed by atoms with Crippen LogP contribution in [0.15, 0.2) is 46.2 Å². The molecule has 1 saturated heterocycles. The number of nitrogens with zero attached hydrogens (tertiary/aromatic N) is 4. The van der Waals surface area contributed by atoms with E-state index in [1.807, 2.05) is 17.5 Å². The van der Waals surface area contributed by atoms with E-state index >= 15 is 0 Å². The van der Waals surface area contributed by atoms with Crippen LogP contribution < -0.4 is 10.1 Å². The SMILES string of the molecule is COCCN(Cc1nnc(-c2cccs2)o1)C(=O)CN1C(=O)NC2(CCOc3ccccc32)C1=O. The van der Waals surface area contributed by atoms with Crippen molar-refractivity contribution in [3.8, 4) is 16.5 Å². The Morgan fingerprint density at radius 2 is 2.11 bits per heavy atom. The second-order valence-corrected chi connectivity index (χ2v) is 9.06. The van der Waals surface area contributed by atoms with Crippen molar-refractivity contribution in [3.63, 3.8) is 0 Å². The van der Waals surface area contributed by atoms with E-state index in [1.54, 1.807) is 24.3 Å². The van der Waals surface area contributed by atoms with Crippen molar-refractivity contribution in [1.29, 1.82) is 0 Å². The average Bonchev–Trinajstić information content (AvgIpc) is 3.60. The molecule has 5 rings (SSSR count). The summed E-state index contributed by atoms with van der Waals surface area (Å²) in [5, 5.41) is 12.8. The number of hydrogen-bond acceptors (Lipinski definition) is 9. The van der Waals surface area contributed by atoms with Gasteiger partial charge in [-0.15, -0.1) is 21.5 Å². The molecule has 2 aliphatic heterocycles. The molecule has 4 heterocycles. The van der Waals surface area contributed by atoms with Crippen molar-refractivity contribution in [2.24, 2.45) is 0 Å². The number of thiophene rings is 1. The molecule has 0 aliphatic carbocycles. The van der Waals surface area contributed by atoms with Gasteiger partial charge in [-0.25, -0.2) is 4.79 Å². The molecule has 182 valence electrons. The van der Waals surface area contributed by atoms with Gasteiger partial charge in [0.05, 0.1) is 24.6 Å². The predicted molar refractivity (Wildman–Crippen MR) is 123 cm³/mol. The Kier molecular flexibility index (Phi) is 6.22. The summed E-state index contributed by atoms with van der Waals surface area (Å²) < 4.78 is 16.5. The van der Waals surface area contributed by atoms with E-state index in [9.17, 15) is 14.4 Å². The summed E-state index contributed by atoms with van der Waals surface area (Å²) in [4.78, 5) is 42.8. The number of imide groups is 1. The molecular formula is C23H23N5O6S. The predicted octanol–water partition coefficient (Wildman–Crippen LogP) is 2.00. The van der Waals surface area contributed by atoms with E-state index in [1.165, 1.54) is 23.3 Å². The Balaban J connectivity index is 1.33. The second-order valence-electron chi connectivity index (χ2n) is 8.11. The standard InChI is InChI=1S/C23H23N5O6S/c1-32-11-9-27(13-18-25-26-20(34-18)17-7-4-12-35-17)19(29)14-28-21(30)23(24-22(28)31)8-10-33-16-6-3-2-5-15(16)23/h2-7,12H,8-11,13-14H2,1H3,(H,24,31). The zero-order chi connectivity index (χ0) is 24.4. The van der Waals surface area contributed by atoms with Crippen LogP contribution in [-0.4, -0.2) is 71.3 Å². The fourth-order valence-corrected chi connectivity index (χ4v) is 4.87. The smallest absolute Gasteiger partial charge is 0.325 e. The molecule has 1 aromatic carbocycles. The number of benzene rings is 1. The highest BCUT2D eigenvalue weighted by atomic mass is 32.1. The summed E-state index contributed by atoms with van der Waals surface area (Å²) in [5.41, 5.74) is -0.658. The third-order valence-corrected chi connectivity index (χ3v) is 6.85. The molecule has 35 heavy (non-hydrogen) atoms. The van der Waals surface area contributed by atoms with Crippen molar-refractivity contribution in [2.75, 3.05) is 33.4 Å².